The summed E-state index contributed by atoms with van der Waals surface area (Å²) >= 11 is 0.681. The van der Waals surface area contributed by atoms with Crippen molar-refractivity contribution in [3.63, 3.8) is 0 Å². The van der Waals surface area contributed by atoms with Crippen LogP contribution in [0, 0.1) is 10.1 Å². The Kier molecular flexibility index (Phi) is 8.21. The maximum absolute atomic E-state index is 12.6. The highest BCUT2D eigenvalue weighted by Crippen LogP contribution is 2.35. The molecule has 3 rings (SSSR count). The number of benzene rings is 2. The zero-order chi connectivity index (χ0) is 25.5. The predicted octanol–water partition coefficient (Wildman–Crippen LogP) is 3.81. The highest BCUT2D eigenvalue weighted by Gasteiger charge is 2.36. The molecule has 182 valence electrons. The number of nitro groups is 1. The minimum atomic E-state index is -0.817. The molecule has 1 aliphatic rings. The van der Waals surface area contributed by atoms with Crippen LogP contribution in [0.25, 0.3) is 6.08 Å². The van der Waals surface area contributed by atoms with Crippen molar-refractivity contribution in [2.45, 2.75) is 13.8 Å². The molecule has 0 bridgehead atoms. The molecule has 1 fully saturated rings. The standard InChI is InChI=1S/C23H20N2O9S/c1-3-32-18-10-14(11-19-21(27)24(23(29)35-19)13-20(26)33-4-2)8-9-17(18)34-22(28)15-6-5-7-16(12-15)25(30)31/h5-12H,3-4,13H2,1-2H3/b19-11-. The molecule has 0 spiro atoms. The summed E-state index contributed by atoms with van der Waals surface area (Å²) in [5.74, 6) is -1.89. The van der Waals surface area contributed by atoms with Crippen LogP contribution in [0.3, 0.4) is 0 Å². The summed E-state index contributed by atoms with van der Waals surface area (Å²) < 4.78 is 15.7. The van der Waals surface area contributed by atoms with Crippen molar-refractivity contribution in [1.82, 2.24) is 4.90 Å². The number of non-ortho nitro benzene ring substituents is 1. The lowest BCUT2D eigenvalue weighted by Crippen LogP contribution is -2.34. The maximum Gasteiger partial charge on any atom is 0.343 e. The fourth-order valence-corrected chi connectivity index (χ4v) is 3.83. The molecule has 0 saturated carbocycles. The first-order valence-corrected chi connectivity index (χ1v) is 11.2. The Morgan fingerprint density at radius 2 is 1.86 bits per heavy atom. The van der Waals surface area contributed by atoms with E-state index in [1.807, 2.05) is 0 Å². The lowest BCUT2D eigenvalue weighted by molar-refractivity contribution is -0.384. The van der Waals surface area contributed by atoms with Crippen LogP contribution in [0.2, 0.25) is 0 Å². The Balaban J connectivity index is 1.81. The number of carbonyl (C=O) groups is 4. The molecular weight excluding hydrogens is 480 g/mol. The van der Waals surface area contributed by atoms with E-state index in [0.717, 1.165) is 11.0 Å². The van der Waals surface area contributed by atoms with Gasteiger partial charge in [0.15, 0.2) is 11.5 Å². The number of nitro benzene ring substituents is 1. The molecule has 0 atom stereocenters. The van der Waals surface area contributed by atoms with Crippen LogP contribution in [0.15, 0.2) is 47.4 Å². The molecule has 11 nitrogen and oxygen atoms in total. The second kappa shape index (κ2) is 11.3. The zero-order valence-corrected chi connectivity index (χ0v) is 19.5. The minimum absolute atomic E-state index is 0.0130. The molecule has 1 aliphatic heterocycles. The summed E-state index contributed by atoms with van der Waals surface area (Å²) in [4.78, 5) is 60.2. The van der Waals surface area contributed by atoms with Gasteiger partial charge in [0.25, 0.3) is 16.8 Å². The van der Waals surface area contributed by atoms with Gasteiger partial charge < -0.3 is 14.2 Å². The molecule has 0 aliphatic carbocycles. The number of nitrogens with zero attached hydrogens (tertiary/aromatic N) is 2. The first kappa shape index (κ1) is 25.4. The highest BCUT2D eigenvalue weighted by atomic mass is 32.2. The number of amides is 2. The fraction of sp³-hybridized carbons (Fsp3) is 0.217. The summed E-state index contributed by atoms with van der Waals surface area (Å²) in [6.07, 6.45) is 1.45. The number of carbonyl (C=O) groups excluding carboxylic acids is 4. The molecule has 0 unspecified atom stereocenters. The molecule has 1 saturated heterocycles. The first-order chi connectivity index (χ1) is 16.7. The Hall–Kier alpha value is -4.19. The van der Waals surface area contributed by atoms with E-state index in [9.17, 15) is 29.3 Å². The minimum Gasteiger partial charge on any atom is -0.490 e. The summed E-state index contributed by atoms with van der Waals surface area (Å²) in [6.45, 7) is 3.22. The number of esters is 2. The number of hydrogen-bond acceptors (Lipinski definition) is 10. The Morgan fingerprint density at radius 1 is 1.09 bits per heavy atom. The molecule has 2 aromatic rings. The van der Waals surface area contributed by atoms with Gasteiger partial charge in [-0.25, -0.2) is 4.79 Å². The smallest absolute Gasteiger partial charge is 0.343 e. The average molecular weight is 500 g/mol. The Morgan fingerprint density at radius 3 is 2.54 bits per heavy atom. The zero-order valence-electron chi connectivity index (χ0n) is 18.7. The monoisotopic (exact) mass is 500 g/mol. The molecule has 0 aromatic heterocycles. The van der Waals surface area contributed by atoms with Gasteiger partial charge in [0.2, 0.25) is 0 Å². The molecule has 2 amide bonds. The number of rotatable bonds is 9. The Bertz CT molecular complexity index is 1230. The third-order valence-corrected chi connectivity index (χ3v) is 5.43. The van der Waals surface area contributed by atoms with Crippen molar-refractivity contribution in [3.05, 3.63) is 68.6 Å². The van der Waals surface area contributed by atoms with E-state index in [0.29, 0.717) is 17.3 Å². The third-order valence-electron chi connectivity index (χ3n) is 4.53. The highest BCUT2D eigenvalue weighted by molar-refractivity contribution is 8.18. The quantitative estimate of drug-likeness (QED) is 0.164. The van der Waals surface area contributed by atoms with Crippen molar-refractivity contribution < 1.29 is 38.3 Å². The van der Waals surface area contributed by atoms with Crippen molar-refractivity contribution in [2.24, 2.45) is 0 Å². The van der Waals surface area contributed by atoms with Gasteiger partial charge in [-0.2, -0.15) is 0 Å². The van der Waals surface area contributed by atoms with Crippen LogP contribution in [0.4, 0.5) is 10.5 Å². The summed E-state index contributed by atoms with van der Waals surface area (Å²) in [5.41, 5.74) is 0.211. The SMILES string of the molecule is CCOC(=O)CN1C(=O)S/C(=C\c2ccc(OC(=O)c3cccc([N+](=O)[O-])c3)c(OCC)c2)C1=O. The lowest BCUT2D eigenvalue weighted by atomic mass is 10.1. The van der Waals surface area contributed by atoms with Gasteiger partial charge >= 0.3 is 11.9 Å². The number of thioether (sulfide) groups is 1. The Labute approximate surface area is 203 Å². The average Bonchev–Trinajstić information content (AvgIpc) is 3.08. The van der Waals surface area contributed by atoms with E-state index < -0.39 is 34.6 Å². The van der Waals surface area contributed by atoms with Crippen molar-refractivity contribution in [2.75, 3.05) is 19.8 Å². The second-order valence-electron chi connectivity index (χ2n) is 6.91. The van der Waals surface area contributed by atoms with E-state index in [1.165, 1.54) is 42.5 Å². The van der Waals surface area contributed by atoms with Crippen LogP contribution in [0.5, 0.6) is 11.5 Å². The predicted molar refractivity (Wildman–Crippen MR) is 125 cm³/mol. The van der Waals surface area contributed by atoms with E-state index in [1.54, 1.807) is 13.8 Å². The van der Waals surface area contributed by atoms with Gasteiger partial charge in [0, 0.05) is 12.1 Å². The fourth-order valence-electron chi connectivity index (χ4n) is 3.00. The van der Waals surface area contributed by atoms with E-state index in [4.69, 9.17) is 14.2 Å². The summed E-state index contributed by atoms with van der Waals surface area (Å²) in [7, 11) is 0. The van der Waals surface area contributed by atoms with Gasteiger partial charge in [0.1, 0.15) is 6.54 Å². The summed E-state index contributed by atoms with van der Waals surface area (Å²) in [5, 5.41) is 10.4. The second-order valence-corrected chi connectivity index (χ2v) is 7.90. The van der Waals surface area contributed by atoms with E-state index in [2.05, 4.69) is 0 Å². The van der Waals surface area contributed by atoms with Crippen molar-refractivity contribution in [1.29, 1.82) is 0 Å². The molecular formula is C23H20N2O9S. The number of ether oxygens (including phenoxy) is 3. The normalized spacial score (nSPS) is 14.2. The van der Waals surface area contributed by atoms with Gasteiger partial charge in [-0.3, -0.25) is 29.4 Å². The van der Waals surface area contributed by atoms with Crippen LogP contribution >= 0.6 is 11.8 Å². The molecule has 12 heteroatoms. The first-order valence-electron chi connectivity index (χ1n) is 10.4. The number of imide groups is 1. The molecule has 35 heavy (non-hydrogen) atoms. The van der Waals surface area contributed by atoms with Gasteiger partial charge in [-0.1, -0.05) is 12.1 Å². The van der Waals surface area contributed by atoms with Gasteiger partial charge in [0.05, 0.1) is 28.6 Å². The lowest BCUT2D eigenvalue weighted by Gasteiger charge is -2.12. The summed E-state index contributed by atoms with van der Waals surface area (Å²) in [6, 6.07) is 9.60. The van der Waals surface area contributed by atoms with Gasteiger partial charge in [-0.15, -0.1) is 0 Å². The van der Waals surface area contributed by atoms with Crippen LogP contribution < -0.4 is 9.47 Å². The van der Waals surface area contributed by atoms with E-state index >= 15 is 0 Å². The third kappa shape index (κ3) is 6.23. The van der Waals surface area contributed by atoms with Crippen molar-refractivity contribution >= 4 is 46.6 Å². The molecule has 1 heterocycles. The number of hydrogen-bond donors (Lipinski definition) is 0. The molecule has 0 radical (unpaired) electrons. The largest absolute Gasteiger partial charge is 0.490 e. The van der Waals surface area contributed by atoms with Gasteiger partial charge in [-0.05, 0) is 55.4 Å². The molecule has 2 aromatic carbocycles. The molecule has 0 N–H and O–H groups in total. The van der Waals surface area contributed by atoms with Crippen LogP contribution in [-0.4, -0.2) is 52.7 Å². The maximum atomic E-state index is 12.6. The van der Waals surface area contributed by atoms with Crippen LogP contribution in [0.1, 0.15) is 29.8 Å². The topological polar surface area (TPSA) is 142 Å². The van der Waals surface area contributed by atoms with Crippen LogP contribution in [-0.2, 0) is 14.3 Å². The van der Waals surface area contributed by atoms with Crippen molar-refractivity contribution in [3.8, 4) is 11.5 Å². The van der Waals surface area contributed by atoms with E-state index in [-0.39, 0.29) is 40.9 Å².